The van der Waals surface area contributed by atoms with E-state index in [-0.39, 0.29) is 6.61 Å². The van der Waals surface area contributed by atoms with E-state index in [4.69, 9.17) is 15.1 Å². The Morgan fingerprint density at radius 2 is 1.74 bits per heavy atom. The number of aromatic nitrogens is 4. The summed E-state index contributed by atoms with van der Waals surface area (Å²) in [5.74, 6) is 1.28. The first-order valence-electron chi connectivity index (χ1n) is 15.3. The lowest BCUT2D eigenvalue weighted by molar-refractivity contribution is 0.255. The molecule has 5 aromatic rings. The van der Waals surface area contributed by atoms with Gasteiger partial charge in [-0.1, -0.05) is 30.3 Å². The number of piperidine rings is 1. The monoisotopic (exact) mass is 569 g/mol. The highest BCUT2D eigenvalue weighted by Gasteiger charge is 2.26. The zero-order chi connectivity index (χ0) is 28.9. The fourth-order valence-corrected chi connectivity index (χ4v) is 6.67. The van der Waals surface area contributed by atoms with E-state index in [1.165, 1.54) is 47.9 Å². The molecule has 8 nitrogen and oxygen atoms in total. The van der Waals surface area contributed by atoms with Gasteiger partial charge in [-0.2, -0.15) is 5.10 Å². The highest BCUT2D eigenvalue weighted by Crippen LogP contribution is 2.41. The van der Waals surface area contributed by atoms with Crippen LogP contribution in [0.3, 0.4) is 0 Å². The maximum Gasteiger partial charge on any atom is 0.141 e. The number of H-pyrrole nitrogens is 1. The van der Waals surface area contributed by atoms with Crippen LogP contribution in [0.5, 0.6) is 0 Å². The Morgan fingerprint density at radius 1 is 0.907 bits per heavy atom. The minimum atomic E-state index is -0.131. The lowest BCUT2D eigenvalue weighted by Crippen LogP contribution is -2.29. The first-order valence-corrected chi connectivity index (χ1v) is 15.3. The van der Waals surface area contributed by atoms with Gasteiger partial charge in [-0.15, -0.1) is 0 Å². The molecule has 2 fully saturated rings. The SMILES string of the molecule is CN1CCC(c2ccc(-c3cc4c(-c5cccc(N6Cc7ccc(C8CC8)cc7C=N6)c5CO)ncnc4[nH]3)nc2)CC1. The highest BCUT2D eigenvalue weighted by atomic mass is 16.3. The van der Waals surface area contributed by atoms with Crippen LogP contribution in [0.1, 0.15) is 65.3 Å². The summed E-state index contributed by atoms with van der Waals surface area (Å²) in [5, 5.41) is 18.3. The topological polar surface area (TPSA) is 93.5 Å². The zero-order valence-electron chi connectivity index (χ0n) is 24.4. The molecular weight excluding hydrogens is 534 g/mol. The molecule has 3 aromatic heterocycles. The number of nitrogens with zero attached hydrogens (tertiary/aromatic N) is 6. The summed E-state index contributed by atoms with van der Waals surface area (Å²) >= 11 is 0. The van der Waals surface area contributed by atoms with Gasteiger partial charge < -0.3 is 15.0 Å². The molecule has 8 heteroatoms. The number of hydrogen-bond acceptors (Lipinski definition) is 7. The van der Waals surface area contributed by atoms with E-state index in [1.807, 2.05) is 35.6 Å². The van der Waals surface area contributed by atoms with Crippen LogP contribution in [0.2, 0.25) is 0 Å². The number of benzene rings is 2. The Hall–Kier alpha value is -4.40. The summed E-state index contributed by atoms with van der Waals surface area (Å²) in [7, 11) is 2.19. The number of rotatable bonds is 6. The number of pyridine rings is 1. The minimum Gasteiger partial charge on any atom is -0.392 e. The number of aromatic amines is 1. The highest BCUT2D eigenvalue weighted by molar-refractivity contribution is 5.95. The number of aliphatic hydroxyl groups is 1. The molecule has 0 spiro atoms. The number of fused-ring (bicyclic) bond motifs is 2. The van der Waals surface area contributed by atoms with E-state index >= 15 is 0 Å². The Bertz CT molecular complexity index is 1830. The van der Waals surface area contributed by atoms with Crippen molar-refractivity contribution in [2.75, 3.05) is 25.1 Å². The summed E-state index contributed by atoms with van der Waals surface area (Å²) in [5.41, 5.74) is 11.0. The van der Waals surface area contributed by atoms with Crippen molar-refractivity contribution in [2.45, 2.75) is 50.7 Å². The van der Waals surface area contributed by atoms with Gasteiger partial charge in [-0.3, -0.25) is 9.99 Å². The first kappa shape index (κ1) is 26.2. The number of hydrazone groups is 1. The lowest BCUT2D eigenvalue weighted by Gasteiger charge is -2.29. The molecule has 2 aliphatic heterocycles. The Labute approximate surface area is 251 Å². The summed E-state index contributed by atoms with van der Waals surface area (Å²) < 4.78 is 0. The van der Waals surface area contributed by atoms with Crippen molar-refractivity contribution in [3.63, 3.8) is 0 Å². The van der Waals surface area contributed by atoms with Gasteiger partial charge in [0.2, 0.25) is 0 Å². The van der Waals surface area contributed by atoms with E-state index in [0.717, 1.165) is 58.0 Å². The third kappa shape index (κ3) is 4.90. The fourth-order valence-electron chi connectivity index (χ4n) is 6.67. The van der Waals surface area contributed by atoms with Crippen molar-refractivity contribution in [3.8, 4) is 22.6 Å². The molecule has 3 aliphatic rings. The minimum absolute atomic E-state index is 0.131. The second-order valence-corrected chi connectivity index (χ2v) is 12.2. The third-order valence-electron chi connectivity index (χ3n) is 9.40. The van der Waals surface area contributed by atoms with Gasteiger partial charge in [-0.25, -0.2) is 9.97 Å². The van der Waals surface area contributed by atoms with Crippen molar-refractivity contribution in [1.82, 2.24) is 24.8 Å². The van der Waals surface area contributed by atoms with E-state index in [9.17, 15) is 5.11 Å². The molecule has 5 heterocycles. The molecule has 216 valence electrons. The normalized spacial score (nSPS) is 17.5. The zero-order valence-corrected chi connectivity index (χ0v) is 24.4. The van der Waals surface area contributed by atoms with Crippen molar-refractivity contribution in [3.05, 3.63) is 94.9 Å². The van der Waals surface area contributed by atoms with Gasteiger partial charge in [-0.05, 0) is 104 Å². The number of aliphatic hydroxyl groups excluding tert-OH is 1. The van der Waals surface area contributed by atoms with Gasteiger partial charge in [0.1, 0.15) is 12.0 Å². The predicted octanol–water partition coefficient (Wildman–Crippen LogP) is 6.22. The number of anilines is 1. The van der Waals surface area contributed by atoms with E-state index < -0.39 is 0 Å². The fraction of sp³-hybridized carbons (Fsp3) is 0.314. The van der Waals surface area contributed by atoms with Crippen LogP contribution in [-0.4, -0.2) is 56.3 Å². The molecule has 0 amide bonds. The number of hydrogen-bond donors (Lipinski definition) is 2. The largest absolute Gasteiger partial charge is 0.392 e. The second kappa shape index (κ2) is 10.7. The molecule has 2 N–H and O–H groups in total. The summed E-state index contributed by atoms with van der Waals surface area (Å²) in [6.07, 6.45) is 10.5. The summed E-state index contributed by atoms with van der Waals surface area (Å²) in [6.45, 7) is 2.78. The summed E-state index contributed by atoms with van der Waals surface area (Å²) in [6, 6.07) is 19.2. The molecule has 0 unspecified atom stereocenters. The third-order valence-corrected chi connectivity index (χ3v) is 9.40. The molecule has 43 heavy (non-hydrogen) atoms. The van der Waals surface area contributed by atoms with Gasteiger partial charge >= 0.3 is 0 Å². The van der Waals surface area contributed by atoms with Crippen LogP contribution in [0.4, 0.5) is 5.69 Å². The van der Waals surface area contributed by atoms with Crippen LogP contribution >= 0.6 is 0 Å². The van der Waals surface area contributed by atoms with Crippen LogP contribution in [0, 0.1) is 0 Å². The van der Waals surface area contributed by atoms with Crippen LogP contribution in [0.25, 0.3) is 33.7 Å². The molecule has 0 radical (unpaired) electrons. The number of likely N-dealkylation sites (tertiary alicyclic amines) is 1. The van der Waals surface area contributed by atoms with E-state index in [2.05, 4.69) is 58.3 Å². The Morgan fingerprint density at radius 3 is 2.53 bits per heavy atom. The van der Waals surface area contributed by atoms with Gasteiger partial charge in [0.05, 0.1) is 42.1 Å². The smallest absolute Gasteiger partial charge is 0.141 e. The molecule has 2 aromatic carbocycles. The lowest BCUT2D eigenvalue weighted by atomic mass is 9.90. The van der Waals surface area contributed by atoms with Crippen molar-refractivity contribution < 1.29 is 5.11 Å². The van der Waals surface area contributed by atoms with Crippen LogP contribution in [0.15, 0.2) is 72.2 Å². The van der Waals surface area contributed by atoms with Crippen LogP contribution in [-0.2, 0) is 13.2 Å². The Kier molecular flexibility index (Phi) is 6.53. The average Bonchev–Trinajstić information content (AvgIpc) is 3.82. The summed E-state index contributed by atoms with van der Waals surface area (Å²) in [4.78, 5) is 19.9. The maximum atomic E-state index is 10.7. The molecular formula is C35H35N7O. The van der Waals surface area contributed by atoms with Gasteiger partial charge in [0.15, 0.2) is 0 Å². The quantitative estimate of drug-likeness (QED) is 0.252. The van der Waals surface area contributed by atoms with Gasteiger partial charge in [0.25, 0.3) is 0 Å². The molecule has 1 saturated carbocycles. The van der Waals surface area contributed by atoms with Gasteiger partial charge in [0, 0.05) is 22.7 Å². The van der Waals surface area contributed by atoms with E-state index in [1.54, 1.807) is 6.33 Å². The van der Waals surface area contributed by atoms with Crippen molar-refractivity contribution in [2.24, 2.45) is 5.10 Å². The molecule has 1 aliphatic carbocycles. The molecule has 1 saturated heterocycles. The maximum absolute atomic E-state index is 10.7. The average molecular weight is 570 g/mol. The van der Waals surface area contributed by atoms with Crippen molar-refractivity contribution in [1.29, 1.82) is 0 Å². The molecule has 8 rings (SSSR count). The van der Waals surface area contributed by atoms with E-state index in [0.29, 0.717) is 18.4 Å². The molecule has 0 bridgehead atoms. The van der Waals surface area contributed by atoms with Crippen molar-refractivity contribution >= 4 is 22.9 Å². The number of nitrogens with one attached hydrogen (secondary N) is 1. The predicted molar refractivity (Wildman–Crippen MR) is 170 cm³/mol. The van der Waals surface area contributed by atoms with Crippen LogP contribution < -0.4 is 5.01 Å². The second-order valence-electron chi connectivity index (χ2n) is 12.2. The first-order chi connectivity index (χ1) is 21.1. The Balaban J connectivity index is 1.11. The molecule has 0 atom stereocenters. The standard InChI is InChI=1S/C35H35N7O/c1-41-13-11-23(12-14-41)25-9-10-31(36-17-25)32-16-29-34(37-21-38-35(29)40-32)28-3-2-4-33(30(28)20-43)42-19-26-8-7-24(22-5-6-22)15-27(26)18-39-42/h2-4,7-10,15-18,21-23,43H,5-6,11-14,19-20H2,1H3,(H,37,38,40).